The van der Waals surface area contributed by atoms with Crippen LogP contribution in [-0.4, -0.2) is 38.0 Å². The number of amides is 1. The van der Waals surface area contributed by atoms with E-state index in [4.69, 9.17) is 4.74 Å². The number of nitrogens with zero attached hydrogens (tertiary/aromatic N) is 1. The maximum Gasteiger partial charge on any atom is 0.324 e. The van der Waals surface area contributed by atoms with Crippen LogP contribution in [-0.2, 0) is 19.6 Å². The van der Waals surface area contributed by atoms with Crippen molar-refractivity contribution >= 4 is 33.3 Å². The molecule has 8 nitrogen and oxygen atoms in total. The second-order valence-corrected chi connectivity index (χ2v) is 8.99. The SMILES string of the molecule is CC(=O)Nc1ccc(S(=O)(=O)N(CC(=O)O)c2ccc(OC3CCCC3)cc2)cc1. The molecular formula is C21H24N2O6S. The Bertz CT molecular complexity index is 997. The zero-order valence-corrected chi connectivity index (χ0v) is 17.4. The van der Waals surface area contributed by atoms with E-state index >= 15 is 0 Å². The standard InChI is InChI=1S/C21H24N2O6S/c1-15(24)22-16-6-12-20(13-7-16)30(27,28)23(14-21(25)26)17-8-10-19(11-9-17)29-18-4-2-3-5-18/h6-13,18H,2-5,14H2,1H3,(H,22,24)(H,25,26). The highest BCUT2D eigenvalue weighted by Gasteiger charge is 2.27. The molecule has 160 valence electrons. The lowest BCUT2D eigenvalue weighted by atomic mass is 10.2. The molecule has 1 fully saturated rings. The summed E-state index contributed by atoms with van der Waals surface area (Å²) in [5.41, 5.74) is 0.668. The van der Waals surface area contributed by atoms with Crippen LogP contribution in [0, 0.1) is 0 Å². The second-order valence-electron chi connectivity index (χ2n) is 7.13. The van der Waals surface area contributed by atoms with Gasteiger partial charge in [-0.25, -0.2) is 8.42 Å². The molecule has 0 saturated heterocycles. The van der Waals surface area contributed by atoms with Crippen LogP contribution in [0.1, 0.15) is 32.6 Å². The zero-order chi connectivity index (χ0) is 21.7. The van der Waals surface area contributed by atoms with Gasteiger partial charge >= 0.3 is 5.97 Å². The number of nitrogens with one attached hydrogen (secondary N) is 1. The zero-order valence-electron chi connectivity index (χ0n) is 16.6. The van der Waals surface area contributed by atoms with Crippen molar-refractivity contribution in [3.8, 4) is 5.75 Å². The molecule has 0 aromatic heterocycles. The van der Waals surface area contributed by atoms with Crippen LogP contribution in [0.4, 0.5) is 11.4 Å². The Morgan fingerprint density at radius 1 is 1.07 bits per heavy atom. The van der Waals surface area contributed by atoms with Crippen LogP contribution in [0.15, 0.2) is 53.4 Å². The largest absolute Gasteiger partial charge is 0.490 e. The summed E-state index contributed by atoms with van der Waals surface area (Å²) in [5.74, 6) is -0.935. The highest BCUT2D eigenvalue weighted by atomic mass is 32.2. The minimum absolute atomic E-state index is 0.0795. The Balaban J connectivity index is 1.85. The summed E-state index contributed by atoms with van der Waals surface area (Å²) >= 11 is 0. The Morgan fingerprint density at radius 2 is 1.67 bits per heavy atom. The molecule has 0 radical (unpaired) electrons. The van der Waals surface area contributed by atoms with E-state index in [0.717, 1.165) is 30.0 Å². The predicted molar refractivity (Wildman–Crippen MR) is 112 cm³/mol. The fourth-order valence-corrected chi connectivity index (χ4v) is 4.78. The number of sulfonamides is 1. The number of anilines is 2. The number of carboxylic acid groups (broad SMARTS) is 1. The fourth-order valence-electron chi connectivity index (χ4n) is 3.37. The number of carbonyl (C=O) groups is 2. The van der Waals surface area contributed by atoms with Crippen molar-refractivity contribution in [2.45, 2.75) is 43.6 Å². The van der Waals surface area contributed by atoms with Gasteiger partial charge in [-0.1, -0.05) is 0 Å². The highest BCUT2D eigenvalue weighted by molar-refractivity contribution is 7.92. The summed E-state index contributed by atoms with van der Waals surface area (Å²) in [6.07, 6.45) is 4.42. The number of hydrogen-bond acceptors (Lipinski definition) is 5. The van der Waals surface area contributed by atoms with E-state index in [-0.39, 0.29) is 22.6 Å². The molecule has 2 aromatic carbocycles. The van der Waals surface area contributed by atoms with Gasteiger partial charge in [-0.3, -0.25) is 13.9 Å². The summed E-state index contributed by atoms with van der Waals surface area (Å²) < 4.78 is 32.9. The number of rotatable bonds is 8. The van der Waals surface area contributed by atoms with Crippen molar-refractivity contribution in [2.24, 2.45) is 0 Å². The first-order chi connectivity index (χ1) is 14.3. The van der Waals surface area contributed by atoms with Crippen molar-refractivity contribution < 1.29 is 27.9 Å². The van der Waals surface area contributed by atoms with Crippen LogP contribution in [0.5, 0.6) is 5.75 Å². The van der Waals surface area contributed by atoms with Crippen molar-refractivity contribution in [1.29, 1.82) is 0 Å². The van der Waals surface area contributed by atoms with Gasteiger partial charge in [0, 0.05) is 12.6 Å². The molecule has 3 rings (SSSR count). The molecule has 9 heteroatoms. The van der Waals surface area contributed by atoms with E-state index in [2.05, 4.69) is 5.32 Å². The molecule has 0 atom stereocenters. The third kappa shape index (κ3) is 5.29. The topological polar surface area (TPSA) is 113 Å². The first-order valence-corrected chi connectivity index (χ1v) is 11.1. The van der Waals surface area contributed by atoms with Crippen LogP contribution >= 0.6 is 0 Å². The molecule has 1 amide bonds. The van der Waals surface area contributed by atoms with Crippen molar-refractivity contribution in [3.63, 3.8) is 0 Å². The summed E-state index contributed by atoms with van der Waals surface area (Å²) in [5, 5.41) is 11.8. The smallest absolute Gasteiger partial charge is 0.324 e. The number of benzene rings is 2. The molecule has 2 N–H and O–H groups in total. The van der Waals surface area contributed by atoms with E-state index in [1.165, 1.54) is 43.3 Å². The van der Waals surface area contributed by atoms with Gasteiger partial charge in [0.1, 0.15) is 12.3 Å². The van der Waals surface area contributed by atoms with Crippen LogP contribution in [0.2, 0.25) is 0 Å². The normalized spacial score (nSPS) is 14.3. The van der Waals surface area contributed by atoms with Gasteiger partial charge in [-0.05, 0) is 74.2 Å². The molecule has 0 unspecified atom stereocenters. The average Bonchev–Trinajstić information content (AvgIpc) is 3.20. The van der Waals surface area contributed by atoms with Gasteiger partial charge in [-0.15, -0.1) is 0 Å². The Hall–Kier alpha value is -3.07. The maximum absolute atomic E-state index is 13.1. The first-order valence-electron chi connectivity index (χ1n) is 9.64. The van der Waals surface area contributed by atoms with Gasteiger partial charge in [0.25, 0.3) is 10.0 Å². The summed E-state index contributed by atoms with van der Waals surface area (Å²) in [4.78, 5) is 22.4. The molecule has 0 bridgehead atoms. The number of aliphatic carboxylic acids is 1. The van der Waals surface area contributed by atoms with Crippen molar-refractivity contribution in [1.82, 2.24) is 0 Å². The number of carbonyl (C=O) groups excluding carboxylic acids is 1. The lowest BCUT2D eigenvalue weighted by molar-refractivity contribution is -0.135. The van der Waals surface area contributed by atoms with E-state index in [0.29, 0.717) is 11.4 Å². The molecule has 2 aromatic rings. The molecule has 0 aliphatic heterocycles. The van der Waals surface area contributed by atoms with Gasteiger partial charge in [0.05, 0.1) is 16.7 Å². The van der Waals surface area contributed by atoms with Gasteiger partial charge < -0.3 is 15.2 Å². The van der Waals surface area contributed by atoms with E-state index in [1.54, 1.807) is 12.1 Å². The first kappa shape index (κ1) is 21.6. The molecular weight excluding hydrogens is 408 g/mol. The van der Waals surface area contributed by atoms with Gasteiger partial charge in [0.2, 0.25) is 5.91 Å². The fraction of sp³-hybridized carbons (Fsp3) is 0.333. The molecule has 1 aliphatic rings. The quantitative estimate of drug-likeness (QED) is 0.662. The lowest BCUT2D eigenvalue weighted by Gasteiger charge is -2.23. The average molecular weight is 432 g/mol. The minimum Gasteiger partial charge on any atom is -0.490 e. The second kappa shape index (κ2) is 9.17. The Kier molecular flexibility index (Phi) is 6.61. The third-order valence-corrected chi connectivity index (χ3v) is 6.56. The van der Waals surface area contributed by atoms with Gasteiger partial charge in [0.15, 0.2) is 0 Å². The minimum atomic E-state index is -4.13. The Morgan fingerprint density at radius 3 is 2.20 bits per heavy atom. The van der Waals surface area contributed by atoms with Crippen LogP contribution < -0.4 is 14.4 Å². The molecule has 1 aliphatic carbocycles. The van der Waals surface area contributed by atoms with E-state index < -0.39 is 22.5 Å². The van der Waals surface area contributed by atoms with Crippen molar-refractivity contribution in [3.05, 3.63) is 48.5 Å². The number of carboxylic acids is 1. The molecule has 0 heterocycles. The number of hydrogen-bond donors (Lipinski definition) is 2. The predicted octanol–water partition coefficient (Wildman–Crippen LogP) is 3.25. The van der Waals surface area contributed by atoms with E-state index in [1.807, 2.05) is 0 Å². The van der Waals surface area contributed by atoms with Crippen LogP contribution in [0.3, 0.4) is 0 Å². The van der Waals surface area contributed by atoms with E-state index in [9.17, 15) is 23.1 Å². The van der Waals surface area contributed by atoms with Crippen molar-refractivity contribution in [2.75, 3.05) is 16.2 Å². The monoisotopic (exact) mass is 432 g/mol. The molecule has 0 spiro atoms. The number of ether oxygens (including phenoxy) is 1. The Labute approximate surface area is 175 Å². The summed E-state index contributed by atoms with van der Waals surface area (Å²) in [6, 6.07) is 11.9. The maximum atomic E-state index is 13.1. The summed E-state index contributed by atoms with van der Waals surface area (Å²) in [6.45, 7) is 0.623. The highest BCUT2D eigenvalue weighted by Crippen LogP contribution is 2.29. The molecule has 30 heavy (non-hydrogen) atoms. The van der Waals surface area contributed by atoms with Gasteiger partial charge in [-0.2, -0.15) is 0 Å². The lowest BCUT2D eigenvalue weighted by Crippen LogP contribution is -2.35. The third-order valence-electron chi connectivity index (χ3n) is 4.77. The molecule has 1 saturated carbocycles. The summed E-state index contributed by atoms with van der Waals surface area (Å²) in [7, 11) is -4.13. The van der Waals surface area contributed by atoms with Crippen LogP contribution in [0.25, 0.3) is 0 Å².